The smallest absolute Gasteiger partial charge is 0.333 e. The van der Waals surface area contributed by atoms with Crippen LogP contribution in [0.2, 0.25) is 0 Å². The van der Waals surface area contributed by atoms with E-state index >= 15 is 0 Å². The number of carbonyl (C=O) groups is 2. The topological polar surface area (TPSA) is 74.2 Å². The molecular formula is C16H23NO5. The summed E-state index contributed by atoms with van der Waals surface area (Å²) in [5.41, 5.74) is -0.976. The number of methoxy groups -OCH3 is 1. The third-order valence-corrected chi connectivity index (χ3v) is 4.36. The largest absolute Gasteiger partial charge is 0.468 e. The first-order valence-corrected chi connectivity index (χ1v) is 7.60. The molecule has 1 heterocycles. The minimum Gasteiger partial charge on any atom is -0.468 e. The van der Waals surface area contributed by atoms with Gasteiger partial charge in [0.2, 0.25) is 5.41 Å². The molecule has 22 heavy (non-hydrogen) atoms. The Balaban J connectivity index is 2.69. The molecule has 0 amide bonds. The quantitative estimate of drug-likeness (QED) is 0.443. The maximum absolute atomic E-state index is 12.6. The van der Waals surface area contributed by atoms with E-state index in [9.17, 15) is 9.59 Å². The van der Waals surface area contributed by atoms with Gasteiger partial charge in [-0.05, 0) is 13.3 Å². The number of oxime groups is 1. The van der Waals surface area contributed by atoms with E-state index in [1.54, 1.807) is 0 Å². The molecule has 0 spiro atoms. The lowest BCUT2D eigenvalue weighted by atomic mass is 9.66. The predicted octanol–water partition coefficient (Wildman–Crippen LogP) is 2.58. The fraction of sp³-hybridized carbons (Fsp3) is 0.688. The molecule has 1 aliphatic carbocycles. The number of carbonyl (C=O) groups excluding carboxylic acids is 2. The zero-order valence-electron chi connectivity index (χ0n) is 13.8. The molecule has 2 aliphatic rings. The molecule has 6 heteroatoms. The highest BCUT2D eigenvalue weighted by Gasteiger charge is 2.71. The Morgan fingerprint density at radius 1 is 1.36 bits per heavy atom. The van der Waals surface area contributed by atoms with E-state index < -0.39 is 22.8 Å². The van der Waals surface area contributed by atoms with Crippen molar-refractivity contribution in [3.05, 3.63) is 11.3 Å². The van der Waals surface area contributed by atoms with E-state index in [1.165, 1.54) is 7.11 Å². The molecule has 6 nitrogen and oxygen atoms in total. The summed E-state index contributed by atoms with van der Waals surface area (Å²) in [5.74, 6) is -0.642. The van der Waals surface area contributed by atoms with Crippen LogP contribution in [-0.2, 0) is 23.9 Å². The molecule has 122 valence electrons. The van der Waals surface area contributed by atoms with Crippen LogP contribution in [0.1, 0.15) is 47.0 Å². The Labute approximate surface area is 130 Å². The first kappa shape index (κ1) is 16.5. The van der Waals surface area contributed by atoms with Gasteiger partial charge in [0.15, 0.2) is 0 Å². The summed E-state index contributed by atoms with van der Waals surface area (Å²) in [4.78, 5) is 30.4. The zero-order chi connectivity index (χ0) is 16.5. The van der Waals surface area contributed by atoms with Crippen molar-refractivity contribution >= 4 is 17.7 Å². The van der Waals surface area contributed by atoms with Crippen molar-refractivity contribution in [1.82, 2.24) is 0 Å². The van der Waals surface area contributed by atoms with Crippen LogP contribution in [0.5, 0.6) is 0 Å². The van der Waals surface area contributed by atoms with Crippen LogP contribution in [0.15, 0.2) is 16.5 Å². The van der Waals surface area contributed by atoms with Gasteiger partial charge < -0.3 is 14.3 Å². The van der Waals surface area contributed by atoms with E-state index in [-0.39, 0.29) is 0 Å². The lowest BCUT2D eigenvalue weighted by Crippen LogP contribution is -2.47. The molecule has 0 aromatic carbocycles. The Bertz CT molecular complexity index is 561. The van der Waals surface area contributed by atoms with Gasteiger partial charge in [0.05, 0.1) is 12.8 Å². The Morgan fingerprint density at radius 3 is 2.59 bits per heavy atom. The number of nitrogens with zero attached hydrogens (tertiary/aromatic N) is 1. The van der Waals surface area contributed by atoms with E-state index in [1.807, 2.05) is 27.7 Å². The molecule has 1 aliphatic heterocycles. The van der Waals surface area contributed by atoms with Crippen molar-refractivity contribution in [1.29, 1.82) is 0 Å². The van der Waals surface area contributed by atoms with Gasteiger partial charge in [-0.2, -0.15) is 0 Å². The number of ether oxygens (including phenoxy) is 2. The average molecular weight is 309 g/mol. The van der Waals surface area contributed by atoms with Crippen molar-refractivity contribution in [3.63, 3.8) is 0 Å². The fourth-order valence-electron chi connectivity index (χ4n) is 3.42. The normalized spacial score (nSPS) is 27.9. The summed E-state index contributed by atoms with van der Waals surface area (Å²) in [6.07, 6.45) is 1.83. The van der Waals surface area contributed by atoms with Crippen LogP contribution in [0, 0.1) is 10.8 Å². The molecule has 1 unspecified atom stereocenters. The molecule has 1 saturated carbocycles. The van der Waals surface area contributed by atoms with Crippen molar-refractivity contribution in [3.8, 4) is 0 Å². The van der Waals surface area contributed by atoms with Crippen molar-refractivity contribution in [2.75, 3.05) is 13.7 Å². The number of allylic oxidation sites excluding steroid dienone is 1. The summed E-state index contributed by atoms with van der Waals surface area (Å²) >= 11 is 0. The van der Waals surface area contributed by atoms with E-state index in [0.717, 1.165) is 6.42 Å². The maximum Gasteiger partial charge on any atom is 0.333 e. The number of esters is 2. The summed E-state index contributed by atoms with van der Waals surface area (Å²) in [6, 6.07) is 0. The highest BCUT2D eigenvalue weighted by atomic mass is 16.6. The van der Waals surface area contributed by atoms with Gasteiger partial charge in [0.1, 0.15) is 12.4 Å². The molecule has 0 aromatic heterocycles. The van der Waals surface area contributed by atoms with Gasteiger partial charge in [-0.1, -0.05) is 25.9 Å². The number of fused-ring (bicyclic) bond motifs is 1. The molecule has 0 radical (unpaired) electrons. The van der Waals surface area contributed by atoms with Crippen LogP contribution in [0.3, 0.4) is 0 Å². The van der Waals surface area contributed by atoms with Crippen molar-refractivity contribution in [2.45, 2.75) is 47.0 Å². The van der Waals surface area contributed by atoms with E-state index in [4.69, 9.17) is 14.3 Å². The Hall–Kier alpha value is -1.85. The highest BCUT2D eigenvalue weighted by Crippen LogP contribution is 2.60. The summed E-state index contributed by atoms with van der Waals surface area (Å²) in [6.45, 7) is 7.94. The van der Waals surface area contributed by atoms with Crippen LogP contribution >= 0.6 is 0 Å². The minimum absolute atomic E-state index is 0.417. The van der Waals surface area contributed by atoms with Crippen LogP contribution in [0.4, 0.5) is 0 Å². The minimum atomic E-state index is -1.44. The summed E-state index contributed by atoms with van der Waals surface area (Å²) in [5, 5.41) is 4.13. The molecular weight excluding hydrogens is 286 g/mol. The molecule has 1 fully saturated rings. The average Bonchev–Trinajstić information content (AvgIpc) is 2.89. The van der Waals surface area contributed by atoms with Crippen LogP contribution in [-0.4, -0.2) is 31.4 Å². The zero-order valence-corrected chi connectivity index (χ0v) is 13.8. The summed E-state index contributed by atoms with van der Waals surface area (Å²) in [7, 11) is 1.29. The summed E-state index contributed by atoms with van der Waals surface area (Å²) < 4.78 is 10.4. The van der Waals surface area contributed by atoms with Crippen LogP contribution in [0.25, 0.3) is 0 Å². The molecule has 0 bridgehead atoms. The third kappa shape index (κ3) is 2.04. The lowest BCUT2D eigenvalue weighted by molar-refractivity contribution is -0.168. The second-order valence-corrected chi connectivity index (χ2v) is 6.20. The second-order valence-electron chi connectivity index (χ2n) is 6.20. The Morgan fingerprint density at radius 2 is 2.05 bits per heavy atom. The third-order valence-electron chi connectivity index (χ3n) is 4.36. The molecule has 2 rings (SSSR count). The maximum atomic E-state index is 12.6. The van der Waals surface area contributed by atoms with E-state index in [0.29, 0.717) is 36.5 Å². The van der Waals surface area contributed by atoms with Crippen molar-refractivity contribution < 1.29 is 23.9 Å². The van der Waals surface area contributed by atoms with Crippen LogP contribution < -0.4 is 0 Å². The molecule has 0 aromatic rings. The van der Waals surface area contributed by atoms with Gasteiger partial charge >= 0.3 is 11.9 Å². The predicted molar refractivity (Wildman–Crippen MR) is 79.9 cm³/mol. The van der Waals surface area contributed by atoms with Gasteiger partial charge in [0.25, 0.3) is 0 Å². The first-order chi connectivity index (χ1) is 10.4. The first-order valence-electron chi connectivity index (χ1n) is 7.60. The Kier molecular flexibility index (Phi) is 4.31. The second kappa shape index (κ2) is 5.74. The number of hydrogen-bond acceptors (Lipinski definition) is 6. The molecule has 0 N–H and O–H groups in total. The SMILES string of the molecule is CCCC1=C2C(=NOCC)CC(C)(C)C2(C(=O)OC)C(=O)O1. The van der Waals surface area contributed by atoms with Gasteiger partial charge in [0, 0.05) is 23.8 Å². The van der Waals surface area contributed by atoms with Gasteiger partial charge in [-0.3, -0.25) is 9.59 Å². The number of hydrogen-bond donors (Lipinski definition) is 0. The van der Waals surface area contributed by atoms with Crippen molar-refractivity contribution in [2.24, 2.45) is 16.0 Å². The monoisotopic (exact) mass is 309 g/mol. The molecule has 1 atom stereocenters. The van der Waals surface area contributed by atoms with Gasteiger partial charge in [-0.25, -0.2) is 0 Å². The lowest BCUT2D eigenvalue weighted by Gasteiger charge is -2.32. The number of rotatable bonds is 5. The van der Waals surface area contributed by atoms with E-state index in [2.05, 4.69) is 5.16 Å². The molecule has 0 saturated heterocycles. The highest BCUT2D eigenvalue weighted by molar-refractivity contribution is 6.21. The standard InChI is InChI=1S/C16H23NO5/c1-6-8-11-12-10(17-21-7-2)9-15(3,4)16(12,13(18)20-5)14(19)22-11/h6-9H2,1-5H3. The number of cyclic esters (lactones) is 1. The van der Waals surface area contributed by atoms with Gasteiger partial charge in [-0.15, -0.1) is 0 Å². The fourth-order valence-corrected chi connectivity index (χ4v) is 3.42.